The van der Waals surface area contributed by atoms with Crippen LogP contribution in [0.3, 0.4) is 0 Å². The van der Waals surface area contributed by atoms with Gasteiger partial charge in [-0.15, -0.1) is 0 Å². The summed E-state index contributed by atoms with van der Waals surface area (Å²) in [5, 5.41) is 0. The number of piperazine rings is 1. The molecule has 0 amide bonds. The molecule has 0 aliphatic carbocycles. The van der Waals surface area contributed by atoms with Crippen LogP contribution >= 0.6 is 0 Å². The van der Waals surface area contributed by atoms with Gasteiger partial charge in [0.15, 0.2) is 0 Å². The monoisotopic (exact) mass is 437 g/mol. The zero-order valence-corrected chi connectivity index (χ0v) is 18.4. The fourth-order valence-electron chi connectivity index (χ4n) is 3.32. The van der Waals surface area contributed by atoms with E-state index in [-0.39, 0.29) is 16.3 Å². The van der Waals surface area contributed by atoms with Gasteiger partial charge in [0.2, 0.25) is 20.0 Å². The average molecular weight is 438 g/mol. The number of sulfonamides is 2. The highest BCUT2D eigenvalue weighted by atomic mass is 32.2. The molecular weight excluding hydrogens is 410 g/mol. The second-order valence-corrected chi connectivity index (χ2v) is 11.0. The van der Waals surface area contributed by atoms with Crippen molar-refractivity contribution in [3.63, 3.8) is 0 Å². The first-order valence-electron chi connectivity index (χ1n) is 9.58. The Morgan fingerprint density at radius 2 is 1.38 bits per heavy atom. The lowest BCUT2D eigenvalue weighted by Gasteiger charge is -2.33. The molecule has 0 saturated carbocycles. The molecule has 0 N–H and O–H groups in total. The fraction of sp³-hybridized carbons (Fsp3) is 0.400. The summed E-state index contributed by atoms with van der Waals surface area (Å²) in [6.45, 7) is 5.48. The Balaban J connectivity index is 1.75. The molecule has 158 valence electrons. The van der Waals surface area contributed by atoms with Crippen LogP contribution in [0.2, 0.25) is 0 Å². The van der Waals surface area contributed by atoms with Crippen molar-refractivity contribution in [2.24, 2.45) is 0 Å². The number of hydrogen-bond acceptors (Lipinski definition) is 5. The van der Waals surface area contributed by atoms with Crippen LogP contribution in [0.15, 0.2) is 64.4 Å². The number of hydrogen-bond donors (Lipinski definition) is 0. The van der Waals surface area contributed by atoms with Crippen LogP contribution in [-0.4, -0.2) is 70.1 Å². The number of likely N-dealkylation sites (N-methyl/N-ethyl adjacent to an activating group) is 1. The largest absolute Gasteiger partial charge is 0.301 e. The lowest BCUT2D eigenvalue weighted by Crippen LogP contribution is -2.48. The van der Waals surface area contributed by atoms with Gasteiger partial charge in [-0.25, -0.2) is 16.8 Å². The minimum atomic E-state index is -3.72. The van der Waals surface area contributed by atoms with Crippen LogP contribution in [-0.2, 0) is 26.6 Å². The molecule has 1 aliphatic rings. The van der Waals surface area contributed by atoms with Crippen molar-refractivity contribution in [3.8, 4) is 0 Å². The Morgan fingerprint density at radius 3 is 1.93 bits per heavy atom. The molecule has 3 rings (SSSR count). The van der Waals surface area contributed by atoms with Crippen molar-refractivity contribution in [3.05, 3.63) is 60.2 Å². The quantitative estimate of drug-likeness (QED) is 0.660. The van der Waals surface area contributed by atoms with E-state index in [0.29, 0.717) is 26.2 Å². The SMILES string of the molecule is CCN1CCN(S(=O)(=O)c2ccc(S(=O)(=O)N(C)Cc3ccccc3)cc2)CC1. The van der Waals surface area contributed by atoms with E-state index in [1.54, 1.807) is 0 Å². The number of benzene rings is 2. The van der Waals surface area contributed by atoms with Crippen molar-refractivity contribution in [2.45, 2.75) is 23.3 Å². The van der Waals surface area contributed by atoms with Gasteiger partial charge in [-0.1, -0.05) is 37.3 Å². The van der Waals surface area contributed by atoms with Gasteiger partial charge in [0.05, 0.1) is 9.79 Å². The minimum Gasteiger partial charge on any atom is -0.301 e. The topological polar surface area (TPSA) is 78.0 Å². The zero-order chi connectivity index (χ0) is 21.1. The summed E-state index contributed by atoms with van der Waals surface area (Å²) in [5.74, 6) is 0. The Morgan fingerprint density at radius 1 is 0.828 bits per heavy atom. The lowest BCUT2D eigenvalue weighted by atomic mass is 10.2. The smallest absolute Gasteiger partial charge is 0.243 e. The Hall–Kier alpha value is -1.78. The molecule has 9 heteroatoms. The van der Waals surface area contributed by atoms with E-state index in [1.807, 2.05) is 30.3 Å². The molecule has 1 fully saturated rings. The minimum absolute atomic E-state index is 0.0747. The Labute approximate surface area is 173 Å². The van der Waals surface area contributed by atoms with Crippen LogP contribution in [0.5, 0.6) is 0 Å². The summed E-state index contributed by atoms with van der Waals surface area (Å²) in [4.78, 5) is 2.39. The van der Waals surface area contributed by atoms with E-state index in [9.17, 15) is 16.8 Å². The van der Waals surface area contributed by atoms with Crippen molar-refractivity contribution < 1.29 is 16.8 Å². The maximum atomic E-state index is 12.9. The van der Waals surface area contributed by atoms with E-state index in [1.165, 1.54) is 39.9 Å². The number of nitrogens with zero attached hydrogens (tertiary/aromatic N) is 3. The maximum absolute atomic E-state index is 12.9. The van der Waals surface area contributed by atoms with Gasteiger partial charge in [-0.05, 0) is 36.4 Å². The first kappa shape index (κ1) is 21.9. The molecule has 2 aromatic carbocycles. The van der Waals surface area contributed by atoms with E-state index in [4.69, 9.17) is 0 Å². The van der Waals surface area contributed by atoms with Crippen LogP contribution in [0.1, 0.15) is 12.5 Å². The molecule has 29 heavy (non-hydrogen) atoms. The molecule has 1 aliphatic heterocycles. The molecule has 7 nitrogen and oxygen atoms in total. The molecule has 0 radical (unpaired) electrons. The summed E-state index contributed by atoms with van der Waals surface area (Å²) in [6, 6.07) is 14.8. The van der Waals surface area contributed by atoms with E-state index < -0.39 is 20.0 Å². The normalized spacial score (nSPS) is 16.9. The molecule has 0 aromatic heterocycles. The summed E-state index contributed by atoms with van der Waals surface area (Å²) >= 11 is 0. The third-order valence-corrected chi connectivity index (χ3v) is 8.93. The van der Waals surface area contributed by atoms with E-state index >= 15 is 0 Å². The second kappa shape index (κ2) is 8.93. The maximum Gasteiger partial charge on any atom is 0.243 e. The Kier molecular flexibility index (Phi) is 6.75. The second-order valence-electron chi connectivity index (χ2n) is 7.06. The van der Waals surface area contributed by atoms with Crippen LogP contribution in [0.4, 0.5) is 0 Å². The summed E-state index contributed by atoms with van der Waals surface area (Å²) in [7, 11) is -5.83. The van der Waals surface area contributed by atoms with Gasteiger partial charge in [0, 0.05) is 39.8 Å². The molecule has 0 unspecified atom stereocenters. The standard InChI is InChI=1S/C20H27N3O4S2/c1-3-22-13-15-23(16-14-22)29(26,27)20-11-9-19(10-12-20)28(24,25)21(2)17-18-7-5-4-6-8-18/h4-12H,3,13-17H2,1-2H3. The highest BCUT2D eigenvalue weighted by molar-refractivity contribution is 7.89. The van der Waals surface area contributed by atoms with Crippen LogP contribution in [0, 0.1) is 0 Å². The van der Waals surface area contributed by atoms with Gasteiger partial charge in [0.25, 0.3) is 0 Å². The van der Waals surface area contributed by atoms with Gasteiger partial charge < -0.3 is 4.90 Å². The fourth-order valence-corrected chi connectivity index (χ4v) is 5.91. The predicted octanol–water partition coefficient (Wildman–Crippen LogP) is 1.83. The van der Waals surface area contributed by atoms with Crippen LogP contribution in [0.25, 0.3) is 0 Å². The molecule has 0 spiro atoms. The molecule has 0 bridgehead atoms. The first-order valence-corrected chi connectivity index (χ1v) is 12.5. The Bertz CT molecular complexity index is 1020. The first-order chi connectivity index (χ1) is 13.7. The molecule has 1 heterocycles. The molecular formula is C20H27N3O4S2. The van der Waals surface area contributed by atoms with Gasteiger partial charge in [-0.3, -0.25) is 0 Å². The highest BCUT2D eigenvalue weighted by Crippen LogP contribution is 2.22. The van der Waals surface area contributed by atoms with E-state index in [0.717, 1.165) is 12.1 Å². The average Bonchev–Trinajstić information content (AvgIpc) is 2.74. The summed E-state index contributed by atoms with van der Waals surface area (Å²) in [5.41, 5.74) is 0.879. The molecule has 0 atom stereocenters. The van der Waals surface area contributed by atoms with Crippen molar-refractivity contribution in [1.82, 2.24) is 13.5 Å². The van der Waals surface area contributed by atoms with Crippen LogP contribution < -0.4 is 0 Å². The summed E-state index contributed by atoms with van der Waals surface area (Å²) in [6.07, 6.45) is 0. The highest BCUT2D eigenvalue weighted by Gasteiger charge is 2.29. The zero-order valence-electron chi connectivity index (χ0n) is 16.7. The van der Waals surface area contributed by atoms with Crippen molar-refractivity contribution in [1.29, 1.82) is 0 Å². The molecule has 2 aromatic rings. The predicted molar refractivity (Wildman–Crippen MR) is 112 cm³/mol. The van der Waals surface area contributed by atoms with E-state index in [2.05, 4.69) is 11.8 Å². The van der Waals surface area contributed by atoms with Gasteiger partial charge in [0.1, 0.15) is 0 Å². The lowest BCUT2D eigenvalue weighted by molar-refractivity contribution is 0.196. The van der Waals surface area contributed by atoms with Gasteiger partial charge in [-0.2, -0.15) is 8.61 Å². The third-order valence-electron chi connectivity index (χ3n) is 5.20. The van der Waals surface area contributed by atoms with Gasteiger partial charge >= 0.3 is 0 Å². The summed E-state index contributed by atoms with van der Waals surface area (Å²) < 4.78 is 54.1. The third kappa shape index (κ3) is 4.87. The van der Waals surface area contributed by atoms with Crippen molar-refractivity contribution >= 4 is 20.0 Å². The molecule has 1 saturated heterocycles. The number of rotatable bonds is 7. The van der Waals surface area contributed by atoms with Crippen molar-refractivity contribution in [2.75, 3.05) is 39.8 Å².